The van der Waals surface area contributed by atoms with Gasteiger partial charge in [-0.15, -0.1) is 0 Å². The van der Waals surface area contributed by atoms with Gasteiger partial charge in [0.1, 0.15) is 0 Å². The van der Waals surface area contributed by atoms with Crippen LogP contribution < -0.4 is 10.4 Å². The zero-order valence-electron chi connectivity index (χ0n) is 13.4. The van der Waals surface area contributed by atoms with Gasteiger partial charge in [0.15, 0.2) is 5.65 Å². The van der Waals surface area contributed by atoms with Crippen LogP contribution in [0.5, 0.6) is 5.88 Å². The number of carboxylic acid groups (broad SMARTS) is 1. The van der Waals surface area contributed by atoms with E-state index in [2.05, 4.69) is 4.98 Å². The summed E-state index contributed by atoms with van der Waals surface area (Å²) in [6.45, 7) is 0.572. The van der Waals surface area contributed by atoms with Crippen molar-refractivity contribution >= 4 is 17.1 Å². The largest absolute Gasteiger partial charge is 0.481 e. The fourth-order valence-corrected chi connectivity index (χ4v) is 3.39. The topological polar surface area (TPSA) is 86.4 Å². The van der Waals surface area contributed by atoms with Crippen LogP contribution >= 0.6 is 0 Å². The van der Waals surface area contributed by atoms with E-state index in [1.165, 1.54) is 0 Å². The highest BCUT2D eigenvalue weighted by molar-refractivity contribution is 5.72. The number of aliphatic carboxylic acids is 1. The zero-order valence-corrected chi connectivity index (χ0v) is 13.4. The van der Waals surface area contributed by atoms with Crippen molar-refractivity contribution in [3.8, 4) is 5.88 Å². The Morgan fingerprint density at radius 2 is 2.04 bits per heavy atom. The molecular weight excluding hydrogens is 298 g/mol. The Morgan fingerprint density at radius 1 is 1.35 bits per heavy atom. The Morgan fingerprint density at radius 3 is 2.65 bits per heavy atom. The van der Waals surface area contributed by atoms with E-state index in [0.717, 1.165) is 18.4 Å². The number of carboxylic acids is 1. The summed E-state index contributed by atoms with van der Waals surface area (Å²) in [5.41, 5.74) is 1.30. The third-order valence-electron chi connectivity index (χ3n) is 4.81. The molecule has 0 aliphatic heterocycles. The van der Waals surface area contributed by atoms with Crippen LogP contribution in [-0.2, 0) is 18.4 Å². The Bertz CT molecular complexity index is 784. The molecule has 0 bridgehead atoms. The quantitative estimate of drug-likeness (QED) is 0.925. The van der Waals surface area contributed by atoms with Crippen LogP contribution in [0.2, 0.25) is 0 Å². The molecule has 2 aromatic heterocycles. The van der Waals surface area contributed by atoms with Gasteiger partial charge in [-0.3, -0.25) is 13.9 Å². The molecular formula is C16H21N3O4. The first-order chi connectivity index (χ1) is 11.0. The molecule has 0 aromatic carbocycles. The van der Waals surface area contributed by atoms with Crippen LogP contribution in [0.1, 0.15) is 25.7 Å². The minimum Gasteiger partial charge on any atom is -0.481 e. The lowest BCUT2D eigenvalue weighted by Crippen LogP contribution is -2.29. The molecule has 2 aromatic rings. The van der Waals surface area contributed by atoms with Gasteiger partial charge < -0.3 is 9.84 Å². The third kappa shape index (κ3) is 2.83. The third-order valence-corrected chi connectivity index (χ3v) is 4.81. The minimum atomic E-state index is -0.711. The van der Waals surface area contributed by atoms with Gasteiger partial charge in [0.25, 0.3) is 0 Å². The molecule has 0 unspecified atom stereocenters. The predicted octanol–water partition coefficient (Wildman–Crippen LogP) is 1.63. The van der Waals surface area contributed by atoms with Gasteiger partial charge in [0.05, 0.1) is 18.5 Å². The van der Waals surface area contributed by atoms with Crippen LogP contribution in [0.3, 0.4) is 0 Å². The maximum Gasteiger partial charge on any atom is 0.330 e. The SMILES string of the molecule is COc1ccc2c(n1)n(C[C@H]1CC[C@H](C(=O)O)CC1)c(=O)n2C. The summed E-state index contributed by atoms with van der Waals surface area (Å²) in [4.78, 5) is 27.9. The number of imidazole rings is 1. The van der Waals surface area contributed by atoms with E-state index < -0.39 is 5.97 Å². The Balaban J connectivity index is 1.87. The highest BCUT2D eigenvalue weighted by Gasteiger charge is 2.27. The molecule has 0 amide bonds. The van der Waals surface area contributed by atoms with E-state index in [1.807, 2.05) is 6.07 Å². The van der Waals surface area contributed by atoms with Gasteiger partial charge in [-0.1, -0.05) is 0 Å². The predicted molar refractivity (Wildman–Crippen MR) is 84.6 cm³/mol. The van der Waals surface area contributed by atoms with Crippen LogP contribution in [0.25, 0.3) is 11.2 Å². The van der Waals surface area contributed by atoms with Crippen molar-refractivity contribution in [2.45, 2.75) is 32.2 Å². The number of methoxy groups -OCH3 is 1. The van der Waals surface area contributed by atoms with Crippen molar-refractivity contribution in [3.05, 3.63) is 22.6 Å². The molecule has 0 atom stereocenters. The number of rotatable bonds is 4. The van der Waals surface area contributed by atoms with Gasteiger partial charge in [0.2, 0.25) is 5.88 Å². The van der Waals surface area contributed by atoms with Gasteiger partial charge in [-0.05, 0) is 37.7 Å². The number of hydrogen-bond donors (Lipinski definition) is 1. The van der Waals surface area contributed by atoms with Crippen LogP contribution in [-0.4, -0.2) is 32.3 Å². The van der Waals surface area contributed by atoms with Crippen molar-refractivity contribution in [1.29, 1.82) is 0 Å². The molecule has 124 valence electrons. The number of pyridine rings is 1. The molecule has 1 fully saturated rings. The first-order valence-electron chi connectivity index (χ1n) is 7.84. The summed E-state index contributed by atoms with van der Waals surface area (Å²) in [5, 5.41) is 9.08. The number of aromatic nitrogens is 3. The van der Waals surface area contributed by atoms with Gasteiger partial charge >= 0.3 is 11.7 Å². The molecule has 3 rings (SSSR count). The fraction of sp³-hybridized carbons (Fsp3) is 0.562. The molecule has 1 aliphatic rings. The average molecular weight is 319 g/mol. The highest BCUT2D eigenvalue weighted by atomic mass is 16.5. The maximum absolute atomic E-state index is 12.5. The number of aryl methyl sites for hydroxylation is 1. The molecule has 23 heavy (non-hydrogen) atoms. The number of fused-ring (bicyclic) bond motifs is 1. The van der Waals surface area contributed by atoms with Gasteiger partial charge in [0, 0.05) is 19.7 Å². The summed E-state index contributed by atoms with van der Waals surface area (Å²) in [7, 11) is 3.28. The second-order valence-electron chi connectivity index (χ2n) is 6.20. The minimum absolute atomic E-state index is 0.0962. The normalized spacial score (nSPS) is 21.5. The molecule has 0 radical (unpaired) electrons. The number of ether oxygens (including phenoxy) is 1. The number of nitrogens with zero attached hydrogens (tertiary/aromatic N) is 3. The highest BCUT2D eigenvalue weighted by Crippen LogP contribution is 2.30. The Hall–Kier alpha value is -2.31. The lowest BCUT2D eigenvalue weighted by Gasteiger charge is -2.26. The molecule has 7 nitrogen and oxygen atoms in total. The number of hydrogen-bond acceptors (Lipinski definition) is 4. The van der Waals surface area contributed by atoms with Gasteiger partial charge in [-0.2, -0.15) is 4.98 Å². The average Bonchev–Trinajstić information content (AvgIpc) is 2.80. The van der Waals surface area contributed by atoms with E-state index in [9.17, 15) is 9.59 Å². The van der Waals surface area contributed by atoms with E-state index >= 15 is 0 Å². The van der Waals surface area contributed by atoms with Crippen molar-refractivity contribution in [2.75, 3.05) is 7.11 Å². The first-order valence-corrected chi connectivity index (χ1v) is 7.84. The smallest absolute Gasteiger partial charge is 0.330 e. The Labute approximate surface area is 133 Å². The van der Waals surface area contributed by atoms with Crippen LogP contribution in [0.4, 0.5) is 0 Å². The molecule has 2 heterocycles. The summed E-state index contributed by atoms with van der Waals surface area (Å²) in [5.74, 6) is -0.167. The van der Waals surface area contributed by atoms with Crippen LogP contribution in [0.15, 0.2) is 16.9 Å². The summed E-state index contributed by atoms with van der Waals surface area (Å²) in [6, 6.07) is 3.57. The summed E-state index contributed by atoms with van der Waals surface area (Å²) in [6.07, 6.45) is 3.00. The summed E-state index contributed by atoms with van der Waals surface area (Å²) >= 11 is 0. The molecule has 0 saturated heterocycles. The van der Waals surface area contributed by atoms with Crippen molar-refractivity contribution < 1.29 is 14.6 Å². The molecule has 1 aliphatic carbocycles. The van der Waals surface area contributed by atoms with E-state index in [1.54, 1.807) is 29.4 Å². The molecule has 7 heteroatoms. The van der Waals surface area contributed by atoms with E-state index in [-0.39, 0.29) is 11.6 Å². The standard InChI is InChI=1S/C16H21N3O4/c1-18-12-7-8-13(23-2)17-14(12)19(16(18)22)9-10-3-5-11(6-4-10)15(20)21/h7-8,10-11H,3-6,9H2,1-2H3,(H,20,21)/t10-,11-. The maximum atomic E-state index is 12.5. The molecule has 1 saturated carbocycles. The fourth-order valence-electron chi connectivity index (χ4n) is 3.39. The molecule has 1 N–H and O–H groups in total. The number of carbonyl (C=O) groups is 1. The second kappa shape index (κ2) is 6.06. The van der Waals surface area contributed by atoms with Crippen molar-refractivity contribution in [3.63, 3.8) is 0 Å². The zero-order chi connectivity index (χ0) is 16.6. The monoisotopic (exact) mass is 319 g/mol. The van der Waals surface area contributed by atoms with E-state index in [4.69, 9.17) is 9.84 Å². The second-order valence-corrected chi connectivity index (χ2v) is 6.20. The van der Waals surface area contributed by atoms with Gasteiger partial charge in [-0.25, -0.2) is 4.79 Å². The molecule has 0 spiro atoms. The van der Waals surface area contributed by atoms with E-state index in [0.29, 0.717) is 36.8 Å². The summed E-state index contributed by atoms with van der Waals surface area (Å²) < 4.78 is 8.43. The lowest BCUT2D eigenvalue weighted by atomic mass is 9.82. The lowest BCUT2D eigenvalue weighted by molar-refractivity contribution is -0.143. The first kappa shape index (κ1) is 15.6. The Kier molecular flexibility index (Phi) is 4.11. The van der Waals surface area contributed by atoms with Crippen LogP contribution in [0, 0.1) is 11.8 Å². The van der Waals surface area contributed by atoms with Crippen molar-refractivity contribution in [2.24, 2.45) is 18.9 Å². The van der Waals surface area contributed by atoms with Crippen molar-refractivity contribution in [1.82, 2.24) is 14.1 Å².